The van der Waals surface area contributed by atoms with Gasteiger partial charge in [0.1, 0.15) is 10.1 Å². The number of hydrogen-bond acceptors (Lipinski definition) is 5. The molecule has 7 heteroatoms. The van der Waals surface area contributed by atoms with Crippen molar-refractivity contribution < 1.29 is 35.4 Å². The molecule has 3 aromatic carbocycles. The summed E-state index contributed by atoms with van der Waals surface area (Å²) in [6, 6.07) is 34.7. The maximum absolute atomic E-state index is 10.4. The van der Waals surface area contributed by atoms with Crippen molar-refractivity contribution in [1.82, 2.24) is 9.97 Å². The minimum atomic E-state index is -4.27. The molecule has 0 aliphatic carbocycles. The first-order chi connectivity index (χ1) is 16.9. The van der Waals surface area contributed by atoms with Crippen molar-refractivity contribution in [2.24, 2.45) is 0 Å². The first-order valence-corrected chi connectivity index (χ1v) is 12.4. The first kappa shape index (κ1) is 27.2. The van der Waals surface area contributed by atoms with Gasteiger partial charge in [-0.3, -0.25) is 9.97 Å². The van der Waals surface area contributed by atoms with Gasteiger partial charge in [0.2, 0.25) is 0 Å². The van der Waals surface area contributed by atoms with Gasteiger partial charge in [0.15, 0.2) is 0 Å². The van der Waals surface area contributed by atoms with E-state index in [0.29, 0.717) is 0 Å². The molecule has 2 heterocycles. The van der Waals surface area contributed by atoms with Crippen molar-refractivity contribution in [2.45, 2.75) is 11.8 Å². The Balaban J connectivity index is 0.000000256. The molecule has 0 fully saturated rings. The number of rotatable bonds is 4. The van der Waals surface area contributed by atoms with Crippen LogP contribution in [-0.2, 0) is 32.5 Å². The molecule has 0 bridgehead atoms. The molecule has 0 radical (unpaired) electrons. The van der Waals surface area contributed by atoms with E-state index in [1.54, 1.807) is 12.1 Å². The van der Waals surface area contributed by atoms with Gasteiger partial charge in [0.25, 0.3) is 0 Å². The monoisotopic (exact) mass is 586 g/mol. The fourth-order valence-electron chi connectivity index (χ4n) is 3.47. The van der Waals surface area contributed by atoms with Crippen LogP contribution in [0.3, 0.4) is 0 Å². The summed E-state index contributed by atoms with van der Waals surface area (Å²) in [5, 5.41) is 0. The van der Waals surface area contributed by atoms with E-state index in [2.05, 4.69) is 46.4 Å². The number of benzene rings is 3. The zero-order chi connectivity index (χ0) is 24.7. The van der Waals surface area contributed by atoms with Gasteiger partial charge >= 0.3 is 22.4 Å². The molecule has 0 spiro atoms. The summed E-state index contributed by atoms with van der Waals surface area (Å²) in [5.41, 5.74) is 7.35. The van der Waals surface area contributed by atoms with Crippen LogP contribution >= 0.6 is 0 Å². The molecular formula is C29H23AgN2O3S. The quantitative estimate of drug-likeness (QED) is 0.180. The van der Waals surface area contributed by atoms with Crippen molar-refractivity contribution in [1.29, 1.82) is 0 Å². The molecule has 0 N–H and O–H groups in total. The number of nitrogens with zero attached hydrogens (tertiary/aromatic N) is 2. The number of hydrogen-bond donors (Lipinski definition) is 0. The van der Waals surface area contributed by atoms with E-state index in [1.807, 2.05) is 67.8 Å². The van der Waals surface area contributed by atoms with E-state index >= 15 is 0 Å². The van der Waals surface area contributed by atoms with Crippen LogP contribution in [0.25, 0.3) is 33.6 Å². The SMILES string of the molecule is Cc1ccc(S(=O)(=O)[O-])cc1.[Ag+].c1ccc(-c2ccnc(-c3cc(-c4ccccc4)ccn3)c2)cc1. The molecular weight excluding hydrogens is 564 g/mol. The fraction of sp³-hybridized carbons (Fsp3) is 0.0345. The van der Waals surface area contributed by atoms with Crippen LogP contribution in [0.5, 0.6) is 0 Å². The summed E-state index contributed by atoms with van der Waals surface area (Å²) in [4.78, 5) is 8.84. The number of aromatic nitrogens is 2. The van der Waals surface area contributed by atoms with E-state index < -0.39 is 10.1 Å². The molecule has 5 aromatic rings. The third-order valence-corrected chi connectivity index (χ3v) is 6.16. The van der Waals surface area contributed by atoms with E-state index in [0.717, 1.165) is 28.1 Å². The second-order valence-corrected chi connectivity index (χ2v) is 9.24. The van der Waals surface area contributed by atoms with E-state index in [-0.39, 0.29) is 27.3 Å². The largest absolute Gasteiger partial charge is 1.00 e. The predicted octanol–water partition coefficient (Wildman–Crippen LogP) is 6.37. The minimum absolute atomic E-state index is 0. The van der Waals surface area contributed by atoms with Gasteiger partial charge in [-0.15, -0.1) is 0 Å². The van der Waals surface area contributed by atoms with Crippen LogP contribution < -0.4 is 0 Å². The second kappa shape index (κ2) is 12.5. The van der Waals surface area contributed by atoms with Crippen LogP contribution in [0.4, 0.5) is 0 Å². The molecule has 0 saturated carbocycles. The van der Waals surface area contributed by atoms with Gasteiger partial charge in [-0.05, 0) is 65.6 Å². The average molecular weight is 587 g/mol. The van der Waals surface area contributed by atoms with Crippen molar-refractivity contribution in [3.63, 3.8) is 0 Å². The van der Waals surface area contributed by atoms with E-state index in [9.17, 15) is 13.0 Å². The Bertz CT molecular complexity index is 1430. The normalized spacial score (nSPS) is 10.5. The zero-order valence-corrected chi connectivity index (χ0v) is 21.7. The average Bonchev–Trinajstić information content (AvgIpc) is 2.90. The molecule has 2 aromatic heterocycles. The Morgan fingerprint density at radius 2 is 1.00 bits per heavy atom. The summed E-state index contributed by atoms with van der Waals surface area (Å²) < 4.78 is 31.2. The van der Waals surface area contributed by atoms with Gasteiger partial charge < -0.3 is 4.55 Å². The van der Waals surface area contributed by atoms with Crippen LogP contribution in [0.2, 0.25) is 0 Å². The molecule has 5 nitrogen and oxygen atoms in total. The third kappa shape index (κ3) is 7.31. The molecule has 0 aliphatic heterocycles. The van der Waals surface area contributed by atoms with Gasteiger partial charge in [0, 0.05) is 12.4 Å². The van der Waals surface area contributed by atoms with Gasteiger partial charge in [-0.1, -0.05) is 78.4 Å². The topological polar surface area (TPSA) is 83.0 Å². The maximum atomic E-state index is 10.4. The molecule has 0 unspecified atom stereocenters. The van der Waals surface area contributed by atoms with Crippen molar-refractivity contribution >= 4 is 10.1 Å². The Morgan fingerprint density at radius 3 is 1.39 bits per heavy atom. The molecule has 5 rings (SSSR count). The van der Waals surface area contributed by atoms with Crippen LogP contribution in [0, 0.1) is 6.92 Å². The predicted molar refractivity (Wildman–Crippen MR) is 137 cm³/mol. The Hall–Kier alpha value is -3.39. The van der Waals surface area contributed by atoms with Crippen LogP contribution in [-0.4, -0.2) is 22.9 Å². The summed E-state index contributed by atoms with van der Waals surface area (Å²) in [5.74, 6) is 0. The van der Waals surface area contributed by atoms with Gasteiger partial charge in [-0.2, -0.15) is 0 Å². The fourth-order valence-corrected chi connectivity index (χ4v) is 3.94. The smallest absolute Gasteiger partial charge is 0.744 e. The van der Waals surface area contributed by atoms with Crippen LogP contribution in [0.1, 0.15) is 5.56 Å². The van der Waals surface area contributed by atoms with Gasteiger partial charge in [-0.25, -0.2) is 8.42 Å². The maximum Gasteiger partial charge on any atom is 1.00 e. The van der Waals surface area contributed by atoms with Crippen molar-refractivity contribution in [2.75, 3.05) is 0 Å². The first-order valence-electron chi connectivity index (χ1n) is 11.0. The zero-order valence-electron chi connectivity index (χ0n) is 19.4. The summed E-state index contributed by atoms with van der Waals surface area (Å²) in [6.45, 7) is 1.82. The van der Waals surface area contributed by atoms with Gasteiger partial charge in [0.05, 0.1) is 16.3 Å². The van der Waals surface area contributed by atoms with Crippen LogP contribution in [0.15, 0.2) is 126 Å². The molecule has 0 aliphatic rings. The molecule has 0 amide bonds. The molecule has 0 atom stereocenters. The standard InChI is InChI=1S/C22H16N2.C7H8O3S.Ag/c1-3-7-17(8-4-1)19-11-13-23-21(15-19)22-16-20(12-14-24-22)18-9-5-2-6-10-18;1-6-2-4-7(5-3-6)11(8,9)10;/h1-16H;2-5H,1H3,(H,8,9,10);/q;;+1/p-1. The minimum Gasteiger partial charge on any atom is -0.744 e. The molecule has 0 saturated heterocycles. The summed E-state index contributed by atoms with van der Waals surface area (Å²) >= 11 is 0. The van der Waals surface area contributed by atoms with Crippen molar-refractivity contribution in [3.8, 4) is 33.6 Å². The summed E-state index contributed by atoms with van der Waals surface area (Å²) in [7, 11) is -4.27. The second-order valence-electron chi connectivity index (χ2n) is 7.86. The number of aryl methyl sites for hydroxylation is 1. The molecule has 184 valence electrons. The third-order valence-electron chi connectivity index (χ3n) is 5.31. The number of pyridine rings is 2. The Labute approximate surface area is 227 Å². The van der Waals surface area contributed by atoms with E-state index in [1.165, 1.54) is 23.3 Å². The summed E-state index contributed by atoms with van der Waals surface area (Å²) in [6.07, 6.45) is 3.68. The van der Waals surface area contributed by atoms with Crippen molar-refractivity contribution in [3.05, 3.63) is 127 Å². The van der Waals surface area contributed by atoms with E-state index in [4.69, 9.17) is 0 Å². The molecule has 36 heavy (non-hydrogen) atoms. The Morgan fingerprint density at radius 1 is 0.583 bits per heavy atom. The Kier molecular flexibility index (Phi) is 9.47.